The van der Waals surface area contributed by atoms with E-state index in [9.17, 15) is 5.11 Å². The van der Waals surface area contributed by atoms with Crippen LogP contribution in [0, 0.1) is 0 Å². The lowest BCUT2D eigenvalue weighted by Crippen LogP contribution is -2.38. The van der Waals surface area contributed by atoms with Crippen molar-refractivity contribution in [3.63, 3.8) is 0 Å². The molecule has 0 bridgehead atoms. The first-order valence-electron chi connectivity index (χ1n) is 8.66. The number of benzene rings is 1. The largest absolute Gasteiger partial charge is 0.388 e. The molecule has 136 valence electrons. The number of rotatable bonds is 8. The minimum atomic E-state index is -0.446. The SMILES string of the molecule is CCNC(=NCCC1CCCO1)NCCC(O)c1ccccc1.I. The predicted octanol–water partition coefficient (Wildman–Crippen LogP) is 2.85. The number of aliphatic imine (C=N–C) groups is 1. The third-order valence-electron chi connectivity index (χ3n) is 3.98. The number of ether oxygens (including phenoxy) is 1. The Morgan fingerprint density at radius 1 is 1.33 bits per heavy atom. The van der Waals surface area contributed by atoms with E-state index in [2.05, 4.69) is 22.5 Å². The Balaban J connectivity index is 0.00000288. The molecular formula is C18H30IN3O2. The van der Waals surface area contributed by atoms with Gasteiger partial charge in [0.15, 0.2) is 5.96 Å². The van der Waals surface area contributed by atoms with Gasteiger partial charge in [0.2, 0.25) is 0 Å². The highest BCUT2D eigenvalue weighted by Crippen LogP contribution is 2.15. The molecule has 1 heterocycles. The molecule has 0 amide bonds. The molecule has 0 aliphatic carbocycles. The van der Waals surface area contributed by atoms with Gasteiger partial charge in [0.1, 0.15) is 0 Å². The molecule has 24 heavy (non-hydrogen) atoms. The maximum atomic E-state index is 10.2. The molecule has 2 atom stereocenters. The first-order chi connectivity index (χ1) is 11.3. The fourth-order valence-corrected chi connectivity index (χ4v) is 2.70. The van der Waals surface area contributed by atoms with Crippen LogP contribution in [-0.4, -0.2) is 43.4 Å². The van der Waals surface area contributed by atoms with E-state index < -0.39 is 6.10 Å². The lowest BCUT2D eigenvalue weighted by Gasteiger charge is -2.15. The summed E-state index contributed by atoms with van der Waals surface area (Å²) in [6.45, 7) is 5.22. The van der Waals surface area contributed by atoms with Gasteiger partial charge < -0.3 is 20.5 Å². The van der Waals surface area contributed by atoms with Gasteiger partial charge in [-0.1, -0.05) is 30.3 Å². The number of aliphatic hydroxyl groups is 1. The van der Waals surface area contributed by atoms with E-state index in [1.165, 1.54) is 6.42 Å². The number of guanidine groups is 1. The van der Waals surface area contributed by atoms with Crippen LogP contribution in [-0.2, 0) is 4.74 Å². The van der Waals surface area contributed by atoms with Crippen molar-refractivity contribution in [1.29, 1.82) is 0 Å². The van der Waals surface area contributed by atoms with Crippen molar-refractivity contribution in [2.75, 3.05) is 26.2 Å². The van der Waals surface area contributed by atoms with Crippen LogP contribution in [0.15, 0.2) is 35.3 Å². The van der Waals surface area contributed by atoms with Crippen molar-refractivity contribution < 1.29 is 9.84 Å². The Labute approximate surface area is 162 Å². The van der Waals surface area contributed by atoms with E-state index in [4.69, 9.17) is 4.74 Å². The number of hydrogen-bond acceptors (Lipinski definition) is 3. The summed E-state index contributed by atoms with van der Waals surface area (Å²) in [7, 11) is 0. The van der Waals surface area contributed by atoms with Gasteiger partial charge in [-0.05, 0) is 38.2 Å². The summed E-state index contributed by atoms with van der Waals surface area (Å²) in [5.74, 6) is 0.811. The average molecular weight is 447 g/mol. The summed E-state index contributed by atoms with van der Waals surface area (Å²) < 4.78 is 5.61. The third-order valence-corrected chi connectivity index (χ3v) is 3.98. The lowest BCUT2D eigenvalue weighted by atomic mass is 10.1. The zero-order valence-corrected chi connectivity index (χ0v) is 16.7. The quantitative estimate of drug-likeness (QED) is 0.326. The zero-order chi connectivity index (χ0) is 16.3. The van der Waals surface area contributed by atoms with E-state index in [0.29, 0.717) is 19.1 Å². The molecule has 1 aromatic carbocycles. The summed E-state index contributed by atoms with van der Waals surface area (Å²) in [5.41, 5.74) is 0.953. The Morgan fingerprint density at radius 2 is 2.12 bits per heavy atom. The molecule has 0 spiro atoms. The molecule has 5 nitrogen and oxygen atoms in total. The van der Waals surface area contributed by atoms with Crippen LogP contribution in [0.25, 0.3) is 0 Å². The van der Waals surface area contributed by atoms with E-state index in [-0.39, 0.29) is 24.0 Å². The minimum absolute atomic E-state index is 0. The first kappa shape index (κ1) is 21.2. The second-order valence-electron chi connectivity index (χ2n) is 5.83. The monoisotopic (exact) mass is 447 g/mol. The summed E-state index contributed by atoms with van der Waals surface area (Å²) in [6.07, 6.45) is 3.89. The zero-order valence-electron chi connectivity index (χ0n) is 14.4. The second-order valence-corrected chi connectivity index (χ2v) is 5.83. The van der Waals surface area contributed by atoms with Crippen LogP contribution < -0.4 is 10.6 Å². The molecule has 3 N–H and O–H groups in total. The fourth-order valence-electron chi connectivity index (χ4n) is 2.70. The Kier molecular flexibility index (Phi) is 11.0. The maximum Gasteiger partial charge on any atom is 0.191 e. The van der Waals surface area contributed by atoms with Gasteiger partial charge >= 0.3 is 0 Å². The van der Waals surface area contributed by atoms with Crippen molar-refractivity contribution in [2.24, 2.45) is 4.99 Å². The molecule has 1 aliphatic rings. The third kappa shape index (κ3) is 7.81. The van der Waals surface area contributed by atoms with E-state index in [0.717, 1.165) is 44.1 Å². The van der Waals surface area contributed by atoms with Crippen LogP contribution in [0.5, 0.6) is 0 Å². The molecule has 1 aromatic rings. The van der Waals surface area contributed by atoms with Gasteiger partial charge in [-0.25, -0.2) is 0 Å². The number of nitrogens with one attached hydrogen (secondary N) is 2. The normalized spacial score (nSPS) is 18.8. The summed E-state index contributed by atoms with van der Waals surface area (Å²) in [5, 5.41) is 16.7. The molecule has 1 aliphatic heterocycles. The van der Waals surface area contributed by atoms with Crippen LogP contribution in [0.3, 0.4) is 0 Å². The first-order valence-corrected chi connectivity index (χ1v) is 8.66. The molecule has 1 fully saturated rings. The van der Waals surface area contributed by atoms with E-state index in [1.54, 1.807) is 0 Å². The summed E-state index contributed by atoms with van der Waals surface area (Å²) in [4.78, 5) is 4.58. The van der Waals surface area contributed by atoms with Gasteiger partial charge in [-0.15, -0.1) is 24.0 Å². The highest BCUT2D eigenvalue weighted by Gasteiger charge is 2.14. The van der Waals surface area contributed by atoms with Crippen molar-refractivity contribution in [1.82, 2.24) is 10.6 Å². The highest BCUT2D eigenvalue weighted by molar-refractivity contribution is 14.0. The Hall–Kier alpha value is -0.860. The van der Waals surface area contributed by atoms with Crippen molar-refractivity contribution >= 4 is 29.9 Å². The predicted molar refractivity (Wildman–Crippen MR) is 109 cm³/mol. The van der Waals surface area contributed by atoms with E-state index >= 15 is 0 Å². The maximum absolute atomic E-state index is 10.2. The average Bonchev–Trinajstić information content (AvgIpc) is 3.09. The summed E-state index contributed by atoms with van der Waals surface area (Å²) >= 11 is 0. The molecular weight excluding hydrogens is 417 g/mol. The highest BCUT2D eigenvalue weighted by atomic mass is 127. The van der Waals surface area contributed by atoms with Gasteiger partial charge in [-0.2, -0.15) is 0 Å². The van der Waals surface area contributed by atoms with Crippen LogP contribution in [0.2, 0.25) is 0 Å². The van der Waals surface area contributed by atoms with Crippen molar-refractivity contribution in [2.45, 2.75) is 44.8 Å². The molecule has 0 saturated carbocycles. The van der Waals surface area contributed by atoms with Gasteiger partial charge in [0, 0.05) is 26.2 Å². The van der Waals surface area contributed by atoms with Gasteiger partial charge in [-0.3, -0.25) is 4.99 Å². The second kappa shape index (κ2) is 12.5. The Morgan fingerprint density at radius 3 is 2.79 bits per heavy atom. The van der Waals surface area contributed by atoms with E-state index in [1.807, 2.05) is 30.3 Å². The fraction of sp³-hybridized carbons (Fsp3) is 0.611. The molecule has 1 saturated heterocycles. The molecule has 0 radical (unpaired) electrons. The summed E-state index contributed by atoms with van der Waals surface area (Å²) in [6, 6.07) is 9.75. The van der Waals surface area contributed by atoms with Gasteiger partial charge in [0.05, 0.1) is 12.2 Å². The van der Waals surface area contributed by atoms with Crippen molar-refractivity contribution in [3.8, 4) is 0 Å². The standard InChI is InChI=1S/C18H29N3O2.HI/c1-2-19-18(20-12-10-16-9-6-14-23-16)21-13-11-17(22)15-7-4-3-5-8-15;/h3-5,7-8,16-17,22H,2,6,9-14H2,1H3,(H2,19,20,21);1H. The number of nitrogens with zero attached hydrogens (tertiary/aromatic N) is 1. The Bertz CT molecular complexity index is 465. The number of halogens is 1. The number of hydrogen-bond donors (Lipinski definition) is 3. The minimum Gasteiger partial charge on any atom is -0.388 e. The molecule has 0 aromatic heterocycles. The molecule has 6 heteroatoms. The lowest BCUT2D eigenvalue weighted by molar-refractivity contribution is 0.106. The molecule has 2 rings (SSSR count). The number of aliphatic hydroxyl groups excluding tert-OH is 1. The van der Waals surface area contributed by atoms with Crippen LogP contribution >= 0.6 is 24.0 Å². The van der Waals surface area contributed by atoms with Crippen LogP contribution in [0.1, 0.15) is 44.3 Å². The van der Waals surface area contributed by atoms with Gasteiger partial charge in [0.25, 0.3) is 0 Å². The smallest absolute Gasteiger partial charge is 0.191 e. The van der Waals surface area contributed by atoms with Crippen molar-refractivity contribution in [3.05, 3.63) is 35.9 Å². The topological polar surface area (TPSA) is 65.9 Å². The van der Waals surface area contributed by atoms with Crippen LogP contribution in [0.4, 0.5) is 0 Å². The molecule has 2 unspecified atom stereocenters.